The van der Waals surface area contributed by atoms with E-state index in [1.807, 2.05) is 47.4 Å². The number of nitrogens with zero attached hydrogens (tertiary/aromatic N) is 1. The number of carbonyl (C=O) groups excluding carboxylic acids is 1. The number of nitrogens with one attached hydrogen (secondary N) is 1. The molecule has 0 aromatic heterocycles. The van der Waals surface area contributed by atoms with Crippen molar-refractivity contribution >= 4 is 17.3 Å². The Balaban J connectivity index is 1.59. The Bertz CT molecular complexity index is 710. The van der Waals surface area contributed by atoms with Crippen molar-refractivity contribution in [2.45, 2.75) is 12.8 Å². The summed E-state index contributed by atoms with van der Waals surface area (Å²) in [5, 5.41) is 3.19. The van der Waals surface area contributed by atoms with E-state index in [9.17, 15) is 4.79 Å². The van der Waals surface area contributed by atoms with Crippen LogP contribution in [0.1, 0.15) is 12.0 Å². The van der Waals surface area contributed by atoms with Gasteiger partial charge in [-0.2, -0.15) is 0 Å². The van der Waals surface area contributed by atoms with Gasteiger partial charge >= 0.3 is 0 Å². The van der Waals surface area contributed by atoms with E-state index in [-0.39, 0.29) is 12.5 Å². The van der Waals surface area contributed by atoms with E-state index in [0.29, 0.717) is 6.61 Å². The molecule has 0 saturated carbocycles. The Kier molecular flexibility index (Phi) is 5.16. The summed E-state index contributed by atoms with van der Waals surface area (Å²) in [5.41, 5.74) is 3.20. The molecule has 0 bridgehead atoms. The average molecular weight is 322 g/mol. The number of aryl methyl sites for hydroxylation is 1. The van der Waals surface area contributed by atoms with Crippen LogP contribution in [0.25, 0.3) is 0 Å². The molecule has 0 fully saturated rings. The smallest absolute Gasteiger partial charge is 0.246 e. The summed E-state index contributed by atoms with van der Waals surface area (Å²) in [5.74, 6) is 0.880. The fourth-order valence-corrected chi connectivity index (χ4v) is 2.89. The minimum atomic E-state index is 0.0918. The number of fused-ring (bicyclic) bond motifs is 1. The molecular weight excluding hydrogens is 300 g/mol. The molecule has 0 radical (unpaired) electrons. The predicted octanol–water partition coefficient (Wildman–Crippen LogP) is 3.64. The summed E-state index contributed by atoms with van der Waals surface area (Å²) in [7, 11) is 0. The van der Waals surface area contributed by atoms with Crippen LogP contribution in [-0.2, 0) is 11.2 Å². The molecule has 124 valence electrons. The van der Waals surface area contributed by atoms with Crippen LogP contribution >= 0.6 is 0 Å². The SMILES string of the molecule is C=CCOc1ccc(NCC(=O)N2CCCc3ccccc32)cc1. The molecule has 3 rings (SSSR count). The minimum absolute atomic E-state index is 0.0918. The van der Waals surface area contributed by atoms with Gasteiger partial charge in [0.15, 0.2) is 0 Å². The number of anilines is 2. The molecule has 1 N–H and O–H groups in total. The van der Waals surface area contributed by atoms with Gasteiger partial charge in [-0.25, -0.2) is 0 Å². The zero-order valence-electron chi connectivity index (χ0n) is 13.7. The van der Waals surface area contributed by atoms with Crippen LogP contribution in [0.2, 0.25) is 0 Å². The first-order chi connectivity index (χ1) is 11.8. The summed E-state index contributed by atoms with van der Waals surface area (Å²) < 4.78 is 5.45. The maximum Gasteiger partial charge on any atom is 0.246 e. The molecule has 0 aliphatic carbocycles. The van der Waals surface area contributed by atoms with Crippen LogP contribution in [0.4, 0.5) is 11.4 Å². The van der Waals surface area contributed by atoms with Crippen LogP contribution in [0.15, 0.2) is 61.2 Å². The van der Waals surface area contributed by atoms with E-state index in [4.69, 9.17) is 4.74 Å². The van der Waals surface area contributed by atoms with E-state index < -0.39 is 0 Å². The van der Waals surface area contributed by atoms with E-state index in [1.54, 1.807) is 6.08 Å². The highest BCUT2D eigenvalue weighted by atomic mass is 16.5. The maximum atomic E-state index is 12.6. The molecule has 1 heterocycles. The van der Waals surface area contributed by atoms with Crippen molar-refractivity contribution in [2.24, 2.45) is 0 Å². The Morgan fingerprint density at radius 3 is 2.79 bits per heavy atom. The van der Waals surface area contributed by atoms with Crippen molar-refractivity contribution in [3.8, 4) is 5.75 Å². The van der Waals surface area contributed by atoms with Crippen LogP contribution in [0, 0.1) is 0 Å². The summed E-state index contributed by atoms with van der Waals surface area (Å²) in [6.45, 7) is 5.17. The predicted molar refractivity (Wildman–Crippen MR) is 97.7 cm³/mol. The van der Waals surface area contributed by atoms with E-state index in [2.05, 4.69) is 18.0 Å². The van der Waals surface area contributed by atoms with Crippen molar-refractivity contribution in [3.63, 3.8) is 0 Å². The first-order valence-corrected chi connectivity index (χ1v) is 8.24. The van der Waals surface area contributed by atoms with Crippen molar-refractivity contribution < 1.29 is 9.53 Å². The van der Waals surface area contributed by atoms with Gasteiger partial charge in [0.05, 0.1) is 6.54 Å². The number of ether oxygens (including phenoxy) is 1. The lowest BCUT2D eigenvalue weighted by Crippen LogP contribution is -2.39. The van der Waals surface area contributed by atoms with E-state index >= 15 is 0 Å². The lowest BCUT2D eigenvalue weighted by molar-refractivity contribution is -0.117. The third kappa shape index (κ3) is 3.77. The lowest BCUT2D eigenvalue weighted by Gasteiger charge is -2.29. The topological polar surface area (TPSA) is 41.6 Å². The summed E-state index contributed by atoms with van der Waals surface area (Å²) in [4.78, 5) is 14.5. The van der Waals surface area contributed by atoms with Gasteiger partial charge in [0, 0.05) is 17.9 Å². The molecule has 1 amide bonds. The van der Waals surface area contributed by atoms with Gasteiger partial charge in [0.25, 0.3) is 0 Å². The van der Waals surface area contributed by atoms with Crippen LogP contribution < -0.4 is 15.0 Å². The van der Waals surface area contributed by atoms with Crippen molar-refractivity contribution in [1.82, 2.24) is 0 Å². The third-order valence-electron chi connectivity index (χ3n) is 4.08. The highest BCUT2D eigenvalue weighted by Crippen LogP contribution is 2.26. The second-order valence-corrected chi connectivity index (χ2v) is 5.76. The van der Waals surface area contributed by atoms with Crippen molar-refractivity contribution in [1.29, 1.82) is 0 Å². The Morgan fingerprint density at radius 2 is 2.00 bits per heavy atom. The molecule has 4 nitrogen and oxygen atoms in total. The summed E-state index contributed by atoms with van der Waals surface area (Å²) in [6.07, 6.45) is 3.76. The largest absolute Gasteiger partial charge is 0.490 e. The van der Waals surface area contributed by atoms with Crippen LogP contribution in [0.3, 0.4) is 0 Å². The normalized spacial score (nSPS) is 13.1. The van der Waals surface area contributed by atoms with E-state index in [1.165, 1.54) is 5.56 Å². The highest BCUT2D eigenvalue weighted by molar-refractivity contribution is 5.97. The van der Waals surface area contributed by atoms with Crippen molar-refractivity contribution in [3.05, 3.63) is 66.7 Å². The molecule has 1 aliphatic heterocycles. The fraction of sp³-hybridized carbons (Fsp3) is 0.250. The molecule has 0 atom stereocenters. The third-order valence-corrected chi connectivity index (χ3v) is 4.08. The van der Waals surface area contributed by atoms with Crippen LogP contribution in [0.5, 0.6) is 5.75 Å². The Morgan fingerprint density at radius 1 is 1.21 bits per heavy atom. The number of para-hydroxylation sites is 1. The second-order valence-electron chi connectivity index (χ2n) is 5.76. The van der Waals surface area contributed by atoms with Gasteiger partial charge in [0.1, 0.15) is 12.4 Å². The number of amides is 1. The zero-order chi connectivity index (χ0) is 16.8. The number of hydrogen-bond donors (Lipinski definition) is 1. The van der Waals surface area contributed by atoms with Gasteiger partial charge in [-0.1, -0.05) is 30.9 Å². The maximum absolute atomic E-state index is 12.6. The highest BCUT2D eigenvalue weighted by Gasteiger charge is 2.21. The van der Waals surface area contributed by atoms with Gasteiger partial charge in [0.2, 0.25) is 5.91 Å². The standard InChI is InChI=1S/C20H22N2O2/c1-2-14-24-18-11-9-17(10-12-18)21-15-20(23)22-13-5-7-16-6-3-4-8-19(16)22/h2-4,6,8-12,21H,1,5,7,13-15H2. The number of benzene rings is 2. The molecular formula is C20H22N2O2. The van der Waals surface area contributed by atoms with Gasteiger partial charge in [-0.3, -0.25) is 4.79 Å². The first-order valence-electron chi connectivity index (χ1n) is 8.24. The fourth-order valence-electron chi connectivity index (χ4n) is 2.89. The summed E-state index contributed by atoms with van der Waals surface area (Å²) in [6, 6.07) is 15.7. The number of carbonyl (C=O) groups is 1. The minimum Gasteiger partial charge on any atom is -0.490 e. The van der Waals surface area contributed by atoms with Crippen molar-refractivity contribution in [2.75, 3.05) is 29.9 Å². The quantitative estimate of drug-likeness (QED) is 0.826. The molecule has 1 aliphatic rings. The van der Waals surface area contributed by atoms with E-state index in [0.717, 1.165) is 36.5 Å². The molecule has 2 aromatic rings. The number of rotatable bonds is 6. The lowest BCUT2D eigenvalue weighted by atomic mass is 10.0. The van der Waals surface area contributed by atoms with Gasteiger partial charge in [-0.15, -0.1) is 0 Å². The number of hydrogen-bond acceptors (Lipinski definition) is 3. The second kappa shape index (κ2) is 7.68. The van der Waals surface area contributed by atoms with Gasteiger partial charge < -0.3 is 15.0 Å². The molecule has 4 heteroatoms. The Labute approximate surface area is 142 Å². The summed E-state index contributed by atoms with van der Waals surface area (Å²) >= 11 is 0. The molecule has 24 heavy (non-hydrogen) atoms. The van der Waals surface area contributed by atoms with Gasteiger partial charge in [-0.05, 0) is 48.7 Å². The zero-order valence-corrected chi connectivity index (χ0v) is 13.7. The first kappa shape index (κ1) is 16.1. The Hall–Kier alpha value is -2.75. The monoisotopic (exact) mass is 322 g/mol. The molecule has 0 unspecified atom stereocenters. The average Bonchev–Trinajstić information content (AvgIpc) is 2.64. The van der Waals surface area contributed by atoms with Crippen LogP contribution in [-0.4, -0.2) is 25.6 Å². The molecule has 0 saturated heterocycles. The molecule has 2 aromatic carbocycles. The molecule has 0 spiro atoms.